The summed E-state index contributed by atoms with van der Waals surface area (Å²) in [5.41, 5.74) is 1.68. The quantitative estimate of drug-likeness (QED) is 0.407. The van der Waals surface area contributed by atoms with Crippen molar-refractivity contribution < 1.29 is 17.6 Å². The van der Waals surface area contributed by atoms with E-state index in [1.54, 1.807) is 35.2 Å². The van der Waals surface area contributed by atoms with Crippen LogP contribution < -0.4 is 4.90 Å². The lowest BCUT2D eigenvalue weighted by molar-refractivity contribution is 0.0745. The first-order valence-electron chi connectivity index (χ1n) is 10.9. The fourth-order valence-electron chi connectivity index (χ4n) is 3.96. The largest absolute Gasteiger partial charge is 0.418 e. The van der Waals surface area contributed by atoms with E-state index in [1.807, 2.05) is 53.6 Å². The smallest absolute Gasteiger partial charge is 0.253 e. The Labute approximate surface area is 202 Å². The van der Waals surface area contributed by atoms with Crippen LogP contribution in [0.1, 0.15) is 15.9 Å². The van der Waals surface area contributed by atoms with Crippen molar-refractivity contribution in [3.05, 3.63) is 83.2 Å². The van der Waals surface area contributed by atoms with Crippen LogP contribution in [0, 0.1) is 6.92 Å². The summed E-state index contributed by atoms with van der Waals surface area (Å²) in [6.45, 7) is 3.74. The molecule has 3 heterocycles. The van der Waals surface area contributed by atoms with Gasteiger partial charge in [-0.15, -0.1) is 11.3 Å². The Balaban J connectivity index is 1.44. The highest BCUT2D eigenvalue weighted by atomic mass is 32.2. The number of oxazole rings is 1. The summed E-state index contributed by atoms with van der Waals surface area (Å²) in [7, 11) is -3.89. The molecule has 4 aromatic rings. The molecule has 0 saturated carbocycles. The van der Waals surface area contributed by atoms with Gasteiger partial charge >= 0.3 is 0 Å². The van der Waals surface area contributed by atoms with E-state index in [0.29, 0.717) is 31.7 Å². The van der Waals surface area contributed by atoms with Crippen molar-refractivity contribution >= 4 is 33.0 Å². The Morgan fingerprint density at radius 3 is 2.41 bits per heavy atom. The van der Waals surface area contributed by atoms with Crippen molar-refractivity contribution in [1.29, 1.82) is 0 Å². The number of benzene rings is 2. The molecule has 2 aromatic carbocycles. The number of amides is 1. The molecule has 1 aliphatic heterocycles. The third-order valence-corrected chi connectivity index (χ3v) is 8.26. The summed E-state index contributed by atoms with van der Waals surface area (Å²) in [5, 5.41) is 1.79. The minimum absolute atomic E-state index is 0.0303. The van der Waals surface area contributed by atoms with Gasteiger partial charge in [-0.25, -0.2) is 8.42 Å². The van der Waals surface area contributed by atoms with Gasteiger partial charge in [-0.1, -0.05) is 42.0 Å². The van der Waals surface area contributed by atoms with Crippen molar-refractivity contribution in [2.75, 3.05) is 31.1 Å². The lowest BCUT2D eigenvalue weighted by Gasteiger charge is -2.34. The highest BCUT2D eigenvalue weighted by Gasteiger charge is 2.33. The van der Waals surface area contributed by atoms with E-state index in [-0.39, 0.29) is 27.6 Å². The molecule has 1 amide bonds. The van der Waals surface area contributed by atoms with E-state index in [9.17, 15) is 13.2 Å². The number of thiophene rings is 1. The molecule has 1 fully saturated rings. The van der Waals surface area contributed by atoms with Crippen LogP contribution in [-0.2, 0) is 9.84 Å². The Bertz CT molecular complexity index is 1410. The van der Waals surface area contributed by atoms with Crippen LogP contribution in [-0.4, -0.2) is 50.4 Å². The van der Waals surface area contributed by atoms with E-state index in [2.05, 4.69) is 4.98 Å². The summed E-state index contributed by atoms with van der Waals surface area (Å²) < 4.78 is 33.0. The fourth-order valence-corrected chi connectivity index (χ4v) is 5.95. The van der Waals surface area contributed by atoms with E-state index in [4.69, 9.17) is 4.42 Å². The summed E-state index contributed by atoms with van der Waals surface area (Å²) in [6, 6.07) is 19.5. The minimum atomic E-state index is -3.89. The molecule has 0 unspecified atom stereocenters. The molecule has 1 saturated heterocycles. The SMILES string of the molecule is Cc1cccc(C(=O)N2CCN(c3oc(-c4cccs4)nc3S(=O)(=O)c3ccccc3)CC2)c1. The standard InChI is InChI=1S/C25H23N3O4S2/c1-18-7-5-8-19(17-18)24(29)27-12-14-28(15-13-27)25-23(26-22(32-25)21-11-6-16-33-21)34(30,31)20-9-3-2-4-10-20/h2-11,16-17H,12-15H2,1H3. The second kappa shape index (κ2) is 9.08. The summed E-state index contributed by atoms with van der Waals surface area (Å²) in [6.07, 6.45) is 0. The first-order valence-corrected chi connectivity index (χ1v) is 13.3. The van der Waals surface area contributed by atoms with Gasteiger partial charge in [0.1, 0.15) is 0 Å². The van der Waals surface area contributed by atoms with E-state index in [0.717, 1.165) is 10.4 Å². The average Bonchev–Trinajstić information content (AvgIpc) is 3.55. The molecule has 0 aliphatic carbocycles. The van der Waals surface area contributed by atoms with Gasteiger partial charge in [0.15, 0.2) is 0 Å². The molecule has 0 bridgehead atoms. The lowest BCUT2D eigenvalue weighted by atomic mass is 10.1. The van der Waals surface area contributed by atoms with Gasteiger partial charge in [0.05, 0.1) is 9.77 Å². The Hall–Kier alpha value is -3.43. The molecule has 0 N–H and O–H groups in total. The number of aryl methyl sites for hydroxylation is 1. The zero-order valence-corrected chi connectivity index (χ0v) is 20.2. The monoisotopic (exact) mass is 493 g/mol. The van der Waals surface area contributed by atoms with Crippen molar-refractivity contribution in [1.82, 2.24) is 9.88 Å². The van der Waals surface area contributed by atoms with Gasteiger partial charge in [0, 0.05) is 31.7 Å². The number of hydrogen-bond acceptors (Lipinski definition) is 7. The van der Waals surface area contributed by atoms with Crippen LogP contribution >= 0.6 is 11.3 Å². The van der Waals surface area contributed by atoms with Crippen LogP contribution in [0.4, 0.5) is 5.88 Å². The molecule has 34 heavy (non-hydrogen) atoms. The van der Waals surface area contributed by atoms with Crippen LogP contribution in [0.25, 0.3) is 10.8 Å². The molecular formula is C25H23N3O4S2. The Kier molecular flexibility index (Phi) is 5.97. The molecule has 2 aromatic heterocycles. The summed E-state index contributed by atoms with van der Waals surface area (Å²) in [4.78, 5) is 21.9. The van der Waals surface area contributed by atoms with Gasteiger partial charge < -0.3 is 14.2 Å². The molecule has 5 rings (SSSR count). The molecule has 0 atom stereocenters. The van der Waals surface area contributed by atoms with Crippen LogP contribution in [0.3, 0.4) is 0 Å². The predicted octanol–water partition coefficient (Wildman–Crippen LogP) is 4.51. The third-order valence-electron chi connectivity index (χ3n) is 5.74. The molecule has 7 nitrogen and oxygen atoms in total. The number of nitrogens with zero attached hydrogens (tertiary/aromatic N) is 3. The maximum Gasteiger partial charge on any atom is 0.253 e. The normalized spacial score (nSPS) is 14.4. The molecule has 0 spiro atoms. The third kappa shape index (κ3) is 4.24. The lowest BCUT2D eigenvalue weighted by Crippen LogP contribution is -2.49. The van der Waals surface area contributed by atoms with Crippen molar-refractivity contribution in [2.45, 2.75) is 16.8 Å². The Morgan fingerprint density at radius 1 is 0.971 bits per heavy atom. The van der Waals surface area contributed by atoms with Gasteiger partial charge in [-0.05, 0) is 42.6 Å². The second-order valence-corrected chi connectivity index (χ2v) is 10.9. The number of sulfone groups is 1. The molecular weight excluding hydrogens is 470 g/mol. The molecule has 174 valence electrons. The molecule has 0 radical (unpaired) electrons. The first-order chi connectivity index (χ1) is 16.4. The van der Waals surface area contributed by atoms with Crippen molar-refractivity contribution in [2.24, 2.45) is 0 Å². The number of carbonyl (C=O) groups is 1. The van der Waals surface area contributed by atoms with E-state index >= 15 is 0 Å². The molecule has 9 heteroatoms. The number of carbonyl (C=O) groups excluding carboxylic acids is 1. The van der Waals surface area contributed by atoms with E-state index in [1.165, 1.54) is 11.3 Å². The number of rotatable bonds is 5. The highest BCUT2D eigenvalue weighted by Crippen LogP contribution is 2.36. The van der Waals surface area contributed by atoms with Gasteiger partial charge in [-0.3, -0.25) is 4.79 Å². The number of piperazine rings is 1. The Morgan fingerprint density at radius 2 is 1.74 bits per heavy atom. The first kappa shape index (κ1) is 22.4. The maximum absolute atomic E-state index is 13.5. The van der Waals surface area contributed by atoms with Crippen LogP contribution in [0.5, 0.6) is 0 Å². The average molecular weight is 494 g/mol. The zero-order chi connectivity index (χ0) is 23.7. The van der Waals surface area contributed by atoms with Crippen LogP contribution in [0.15, 0.2) is 86.4 Å². The zero-order valence-electron chi connectivity index (χ0n) is 18.5. The topological polar surface area (TPSA) is 83.7 Å². The fraction of sp³-hybridized carbons (Fsp3) is 0.200. The molecule has 1 aliphatic rings. The number of hydrogen-bond donors (Lipinski definition) is 0. The van der Waals surface area contributed by atoms with Gasteiger partial charge in [0.2, 0.25) is 26.6 Å². The minimum Gasteiger partial charge on any atom is -0.418 e. The number of anilines is 1. The van der Waals surface area contributed by atoms with Crippen molar-refractivity contribution in [3.63, 3.8) is 0 Å². The van der Waals surface area contributed by atoms with E-state index < -0.39 is 9.84 Å². The highest BCUT2D eigenvalue weighted by molar-refractivity contribution is 7.91. The van der Waals surface area contributed by atoms with Crippen molar-refractivity contribution in [3.8, 4) is 10.8 Å². The maximum atomic E-state index is 13.5. The van der Waals surface area contributed by atoms with Gasteiger partial charge in [0.25, 0.3) is 5.91 Å². The van der Waals surface area contributed by atoms with Gasteiger partial charge in [-0.2, -0.15) is 4.98 Å². The summed E-state index contributed by atoms with van der Waals surface area (Å²) in [5.74, 6) is 0.463. The predicted molar refractivity (Wildman–Crippen MR) is 131 cm³/mol. The summed E-state index contributed by atoms with van der Waals surface area (Å²) >= 11 is 1.43. The second-order valence-electron chi connectivity index (χ2n) is 8.07. The number of aromatic nitrogens is 1. The van der Waals surface area contributed by atoms with Crippen LogP contribution in [0.2, 0.25) is 0 Å².